The number of hydrogen-bond acceptors (Lipinski definition) is 5. The molecule has 0 spiro atoms. The van der Waals surface area contributed by atoms with Crippen LogP contribution in [0.15, 0.2) is 18.2 Å². The molecule has 3 rings (SSSR count). The average molecular weight is 345 g/mol. The zero-order chi connectivity index (χ0) is 17.6. The summed E-state index contributed by atoms with van der Waals surface area (Å²) in [7, 11) is 1.69. The Morgan fingerprint density at radius 1 is 1.12 bits per heavy atom. The molecule has 138 valence electrons. The Morgan fingerprint density at radius 2 is 1.84 bits per heavy atom. The van der Waals surface area contributed by atoms with E-state index in [-0.39, 0.29) is 0 Å². The quantitative estimate of drug-likeness (QED) is 0.793. The van der Waals surface area contributed by atoms with Gasteiger partial charge >= 0.3 is 0 Å². The van der Waals surface area contributed by atoms with Crippen LogP contribution in [0.4, 0.5) is 0 Å². The van der Waals surface area contributed by atoms with Crippen LogP contribution in [-0.4, -0.2) is 84.1 Å². The average Bonchev–Trinajstić information content (AvgIpc) is 3.05. The van der Waals surface area contributed by atoms with Crippen LogP contribution in [0.5, 0.6) is 5.75 Å². The van der Waals surface area contributed by atoms with Crippen LogP contribution < -0.4 is 4.74 Å². The highest BCUT2D eigenvalue weighted by molar-refractivity contribution is 5.76. The minimum atomic E-state index is 0.865. The smallest absolute Gasteiger partial charge is 0.121 e. The molecule has 1 fully saturated rings. The van der Waals surface area contributed by atoms with Crippen LogP contribution >= 0.6 is 0 Å². The van der Waals surface area contributed by atoms with Crippen molar-refractivity contribution in [1.82, 2.24) is 24.7 Å². The minimum Gasteiger partial charge on any atom is -0.497 e. The van der Waals surface area contributed by atoms with Gasteiger partial charge in [0.1, 0.15) is 11.6 Å². The number of aromatic nitrogens is 2. The number of nitrogens with zero attached hydrogens (tertiary/aromatic N) is 4. The van der Waals surface area contributed by atoms with Gasteiger partial charge < -0.3 is 14.6 Å². The predicted molar refractivity (Wildman–Crippen MR) is 102 cm³/mol. The van der Waals surface area contributed by atoms with Crippen molar-refractivity contribution in [3.63, 3.8) is 0 Å². The maximum atomic E-state index is 5.28. The summed E-state index contributed by atoms with van der Waals surface area (Å²) in [5.41, 5.74) is 2.06. The lowest BCUT2D eigenvalue weighted by Crippen LogP contribution is -2.48. The zero-order valence-electron chi connectivity index (χ0n) is 15.8. The van der Waals surface area contributed by atoms with E-state index in [4.69, 9.17) is 9.72 Å². The summed E-state index contributed by atoms with van der Waals surface area (Å²) in [5.74, 6) is 1.91. The first-order valence-electron chi connectivity index (χ1n) is 9.41. The van der Waals surface area contributed by atoms with E-state index in [1.54, 1.807) is 7.11 Å². The van der Waals surface area contributed by atoms with E-state index in [2.05, 4.69) is 33.5 Å². The van der Waals surface area contributed by atoms with Gasteiger partial charge in [-0.15, -0.1) is 0 Å². The normalized spacial score (nSPS) is 16.8. The van der Waals surface area contributed by atoms with Gasteiger partial charge in [-0.05, 0) is 25.2 Å². The van der Waals surface area contributed by atoms with Gasteiger partial charge in [-0.3, -0.25) is 9.80 Å². The first-order valence-corrected chi connectivity index (χ1v) is 9.41. The molecule has 0 bridgehead atoms. The van der Waals surface area contributed by atoms with Gasteiger partial charge in [0.05, 0.1) is 24.7 Å². The van der Waals surface area contributed by atoms with E-state index < -0.39 is 0 Å². The molecular weight excluding hydrogens is 314 g/mol. The monoisotopic (exact) mass is 345 g/mol. The SMILES string of the molecule is CCN(CC)CCN1CCN(Cc2nc3ccc(OC)cc3[nH]2)CC1. The topological polar surface area (TPSA) is 47.6 Å². The van der Waals surface area contributed by atoms with Crippen molar-refractivity contribution >= 4 is 11.0 Å². The van der Waals surface area contributed by atoms with E-state index in [9.17, 15) is 0 Å². The highest BCUT2D eigenvalue weighted by atomic mass is 16.5. The number of fused-ring (bicyclic) bond motifs is 1. The number of hydrogen-bond donors (Lipinski definition) is 1. The Kier molecular flexibility index (Phi) is 6.29. The Hall–Kier alpha value is -1.63. The summed E-state index contributed by atoms with van der Waals surface area (Å²) >= 11 is 0. The molecule has 1 aromatic heterocycles. The van der Waals surface area contributed by atoms with E-state index in [0.717, 1.165) is 68.4 Å². The highest BCUT2D eigenvalue weighted by Crippen LogP contribution is 2.19. The second-order valence-electron chi connectivity index (χ2n) is 6.71. The molecule has 0 aliphatic carbocycles. The lowest BCUT2D eigenvalue weighted by molar-refractivity contribution is 0.114. The second kappa shape index (κ2) is 8.65. The first kappa shape index (κ1) is 18.2. The Bertz CT molecular complexity index is 659. The fourth-order valence-electron chi connectivity index (χ4n) is 3.45. The predicted octanol–water partition coefficient (Wildman–Crippen LogP) is 2.03. The van der Waals surface area contributed by atoms with Crippen molar-refractivity contribution in [3.05, 3.63) is 24.0 Å². The molecule has 1 aliphatic rings. The summed E-state index contributed by atoms with van der Waals surface area (Å²) in [4.78, 5) is 15.7. The van der Waals surface area contributed by atoms with Crippen molar-refractivity contribution < 1.29 is 4.74 Å². The van der Waals surface area contributed by atoms with Crippen LogP contribution in [0.1, 0.15) is 19.7 Å². The van der Waals surface area contributed by atoms with Crippen LogP contribution in [0, 0.1) is 0 Å². The van der Waals surface area contributed by atoms with Crippen molar-refractivity contribution in [2.75, 3.05) is 59.5 Å². The Morgan fingerprint density at radius 3 is 2.52 bits per heavy atom. The van der Waals surface area contributed by atoms with Gasteiger partial charge in [0.25, 0.3) is 0 Å². The highest BCUT2D eigenvalue weighted by Gasteiger charge is 2.18. The summed E-state index contributed by atoms with van der Waals surface area (Å²) in [6.07, 6.45) is 0. The fraction of sp³-hybridized carbons (Fsp3) is 0.632. The summed E-state index contributed by atoms with van der Waals surface area (Å²) in [6.45, 7) is 14.5. The van der Waals surface area contributed by atoms with E-state index in [0.29, 0.717) is 0 Å². The molecule has 0 unspecified atom stereocenters. The molecule has 25 heavy (non-hydrogen) atoms. The number of piperazine rings is 1. The molecule has 6 nitrogen and oxygen atoms in total. The number of methoxy groups -OCH3 is 1. The number of ether oxygens (including phenoxy) is 1. The third-order valence-electron chi connectivity index (χ3n) is 5.20. The maximum absolute atomic E-state index is 5.28. The molecule has 0 saturated carbocycles. The molecule has 2 heterocycles. The van der Waals surface area contributed by atoms with Crippen LogP contribution in [0.2, 0.25) is 0 Å². The molecule has 1 aliphatic heterocycles. The van der Waals surface area contributed by atoms with Gasteiger partial charge in [-0.1, -0.05) is 13.8 Å². The molecule has 0 radical (unpaired) electrons. The third-order valence-corrected chi connectivity index (χ3v) is 5.20. The minimum absolute atomic E-state index is 0.865. The maximum Gasteiger partial charge on any atom is 0.121 e. The molecular formula is C19H31N5O. The number of imidazole rings is 1. The molecule has 0 atom stereocenters. The summed E-state index contributed by atoms with van der Waals surface area (Å²) in [5, 5.41) is 0. The number of rotatable bonds is 8. The van der Waals surface area contributed by atoms with Crippen molar-refractivity contribution in [2.24, 2.45) is 0 Å². The molecule has 1 N–H and O–H groups in total. The number of benzene rings is 1. The molecule has 6 heteroatoms. The van der Waals surface area contributed by atoms with Gasteiger partial charge in [-0.25, -0.2) is 4.98 Å². The third kappa shape index (κ3) is 4.71. The molecule has 2 aromatic rings. The van der Waals surface area contributed by atoms with Crippen molar-refractivity contribution in [2.45, 2.75) is 20.4 Å². The summed E-state index contributed by atoms with van der Waals surface area (Å²) in [6, 6.07) is 5.98. The first-order chi connectivity index (χ1) is 12.2. The number of likely N-dealkylation sites (N-methyl/N-ethyl adjacent to an activating group) is 1. The summed E-state index contributed by atoms with van der Waals surface area (Å²) < 4.78 is 5.28. The Balaban J connectivity index is 1.49. The lowest BCUT2D eigenvalue weighted by Gasteiger charge is -2.35. The second-order valence-corrected chi connectivity index (χ2v) is 6.71. The van der Waals surface area contributed by atoms with E-state index in [1.807, 2.05) is 18.2 Å². The number of nitrogens with one attached hydrogen (secondary N) is 1. The van der Waals surface area contributed by atoms with Gasteiger partial charge in [0.15, 0.2) is 0 Å². The van der Waals surface area contributed by atoms with Crippen molar-refractivity contribution in [3.8, 4) is 5.75 Å². The molecule has 0 amide bonds. The van der Waals surface area contributed by atoms with Crippen LogP contribution in [0.3, 0.4) is 0 Å². The van der Waals surface area contributed by atoms with Crippen LogP contribution in [-0.2, 0) is 6.54 Å². The lowest BCUT2D eigenvalue weighted by atomic mass is 10.3. The number of aromatic amines is 1. The largest absolute Gasteiger partial charge is 0.497 e. The molecule has 1 aromatic carbocycles. The fourth-order valence-corrected chi connectivity index (χ4v) is 3.45. The van der Waals surface area contributed by atoms with Gasteiger partial charge in [-0.2, -0.15) is 0 Å². The standard InChI is InChI=1S/C19H31N5O/c1-4-22(5-2)8-9-23-10-12-24(13-11-23)15-19-20-17-7-6-16(25-3)14-18(17)21-19/h6-7,14H,4-5,8-13,15H2,1-3H3,(H,20,21). The van der Waals surface area contributed by atoms with Gasteiger partial charge in [0, 0.05) is 45.3 Å². The Labute approximate surface area is 150 Å². The van der Waals surface area contributed by atoms with Crippen molar-refractivity contribution in [1.29, 1.82) is 0 Å². The molecule has 1 saturated heterocycles. The van der Waals surface area contributed by atoms with Gasteiger partial charge in [0.2, 0.25) is 0 Å². The van der Waals surface area contributed by atoms with E-state index >= 15 is 0 Å². The van der Waals surface area contributed by atoms with E-state index in [1.165, 1.54) is 13.1 Å². The zero-order valence-corrected chi connectivity index (χ0v) is 15.8. The van der Waals surface area contributed by atoms with Crippen LogP contribution in [0.25, 0.3) is 11.0 Å². The number of H-pyrrole nitrogens is 1.